The number of fused-ring (bicyclic) bond motifs is 1. The van der Waals surface area contributed by atoms with Gasteiger partial charge in [-0.3, -0.25) is 28.1 Å². The summed E-state index contributed by atoms with van der Waals surface area (Å²) in [5.74, 6) is -1.21. The molecule has 1 fully saturated rings. The molecule has 3 heterocycles. The van der Waals surface area contributed by atoms with Crippen LogP contribution in [0.5, 0.6) is 0 Å². The van der Waals surface area contributed by atoms with E-state index in [-0.39, 0.29) is 48.0 Å². The van der Waals surface area contributed by atoms with Crippen LogP contribution in [0, 0.1) is 5.41 Å². The smallest absolute Gasteiger partial charge is 0.274 e. The Hall–Kier alpha value is -2.70. The Morgan fingerprint density at radius 2 is 1.80 bits per heavy atom. The molecule has 1 saturated heterocycles. The minimum atomic E-state index is -5.91. The van der Waals surface area contributed by atoms with Gasteiger partial charge < -0.3 is 69.0 Å². The van der Waals surface area contributed by atoms with Gasteiger partial charge in [-0.25, -0.2) is 19.3 Å². The second kappa shape index (κ2) is 19.4. The normalized spacial score (nSPS) is 22.2. The fraction of sp³-hybridized carbons (Fsp3) is 0.615. The molecule has 7 atom stereocenters. The minimum Gasteiger partial charge on any atom is -0.790 e. The van der Waals surface area contributed by atoms with Crippen LogP contribution in [0.4, 0.5) is 5.82 Å². The number of phosphoric ester groups is 3. The van der Waals surface area contributed by atoms with Crippen molar-refractivity contribution in [2.75, 3.05) is 37.8 Å². The van der Waals surface area contributed by atoms with E-state index in [0.717, 1.165) is 29.0 Å². The molecule has 0 spiro atoms. The van der Waals surface area contributed by atoms with Gasteiger partial charge in [0, 0.05) is 37.1 Å². The Labute approximate surface area is 311 Å². The van der Waals surface area contributed by atoms with Crippen molar-refractivity contribution in [1.29, 1.82) is 0 Å². The quantitative estimate of drug-likeness (QED) is 0.0478. The first-order valence-electron chi connectivity index (χ1n) is 15.6. The number of nitrogen functional groups attached to an aromatic ring is 1. The van der Waals surface area contributed by atoms with Gasteiger partial charge in [0.05, 0.1) is 27.4 Å². The lowest BCUT2D eigenvalue weighted by Crippen LogP contribution is -2.46. The first-order chi connectivity index (χ1) is 25.1. The molecule has 3 rings (SSSR count). The third-order valence-electron chi connectivity index (χ3n) is 7.26. The van der Waals surface area contributed by atoms with Crippen LogP contribution in [0.2, 0.25) is 0 Å². The van der Waals surface area contributed by atoms with Gasteiger partial charge in [-0.05, 0) is 6.92 Å². The van der Waals surface area contributed by atoms with Crippen molar-refractivity contribution in [2.24, 2.45) is 5.41 Å². The number of allylic oxidation sites excluding steroid dienone is 2. The van der Waals surface area contributed by atoms with Gasteiger partial charge in [0.1, 0.15) is 36.3 Å². The fourth-order valence-electron chi connectivity index (χ4n) is 4.55. The van der Waals surface area contributed by atoms with Crippen LogP contribution in [0.15, 0.2) is 24.8 Å². The van der Waals surface area contributed by atoms with Gasteiger partial charge in [-0.1, -0.05) is 37.8 Å². The third kappa shape index (κ3) is 13.8. The highest BCUT2D eigenvalue weighted by Crippen LogP contribution is 2.56. The van der Waals surface area contributed by atoms with Crippen molar-refractivity contribution in [2.45, 2.75) is 64.3 Å². The fourth-order valence-corrected chi connectivity index (χ4v) is 7.93. The molecule has 28 heteroatoms. The number of nitrogens with zero attached hydrogens (tertiary/aromatic N) is 4. The van der Waals surface area contributed by atoms with E-state index in [4.69, 9.17) is 10.5 Å². The number of rotatable bonds is 21. The van der Waals surface area contributed by atoms with Crippen LogP contribution in [-0.4, -0.2) is 103 Å². The van der Waals surface area contributed by atoms with Crippen molar-refractivity contribution in [3.8, 4) is 0 Å². The first kappa shape index (κ1) is 45.7. The van der Waals surface area contributed by atoms with Gasteiger partial charge in [-0.2, -0.15) is 0 Å². The van der Waals surface area contributed by atoms with E-state index in [1.807, 2.05) is 0 Å². The summed E-state index contributed by atoms with van der Waals surface area (Å²) in [5.41, 5.74) is 4.07. The number of imidazole rings is 1. The molecular weight excluding hydrogens is 807 g/mol. The van der Waals surface area contributed by atoms with E-state index in [2.05, 4.69) is 43.5 Å². The highest BCUT2D eigenvalue weighted by Gasteiger charge is 2.47. The van der Waals surface area contributed by atoms with Gasteiger partial charge in [0.15, 0.2) is 22.8 Å². The molecule has 0 bridgehead atoms. The summed E-state index contributed by atoms with van der Waals surface area (Å²) in [5, 5.41) is 26.1. The molecule has 2 unspecified atom stereocenters. The number of nitrogens with two attached hydrogens (primary N) is 1. The van der Waals surface area contributed by atoms with Crippen LogP contribution < -0.4 is 35.9 Å². The molecule has 24 nitrogen and oxygen atoms in total. The summed E-state index contributed by atoms with van der Waals surface area (Å²) < 4.78 is 60.4. The Bertz CT molecular complexity index is 1810. The highest BCUT2D eigenvalue weighted by molar-refractivity contribution is 8.13. The highest BCUT2D eigenvalue weighted by atomic mass is 32.2. The number of carbonyl (C=O) groups is 3. The second-order valence-electron chi connectivity index (χ2n) is 12.0. The molecular formula is C26H38N7O17P3S-4. The molecule has 1 aliphatic heterocycles. The second-order valence-corrected chi connectivity index (χ2v) is 17.2. The SMILES string of the molecule is CC=CCC(=O)SCCNC(=O)CCNC(=O)[C@H](O)C(C)(C)COP(=O)([O-])OP(=O)([O-])OC[C@H]1O[C@@H](n2cnc3c(N)ncnc32)[C@H](O)[C@@H]1OP(=O)([O-])[O-]. The molecule has 2 aromatic rings. The summed E-state index contributed by atoms with van der Waals surface area (Å²) in [6.45, 7) is 1.88. The van der Waals surface area contributed by atoms with Crippen molar-refractivity contribution in [3.05, 3.63) is 24.8 Å². The number of aliphatic hydroxyl groups excluding tert-OH is 2. The summed E-state index contributed by atoms with van der Waals surface area (Å²) in [7, 11) is -17.6. The summed E-state index contributed by atoms with van der Waals surface area (Å²) in [6, 6.07) is 0. The summed E-state index contributed by atoms with van der Waals surface area (Å²) in [6.07, 6.45) is -3.87. The van der Waals surface area contributed by atoms with Gasteiger partial charge >= 0.3 is 0 Å². The van der Waals surface area contributed by atoms with E-state index in [9.17, 15) is 57.9 Å². The maximum Gasteiger partial charge on any atom is 0.274 e. The predicted molar refractivity (Wildman–Crippen MR) is 178 cm³/mol. The number of hydrogen-bond donors (Lipinski definition) is 5. The lowest BCUT2D eigenvalue weighted by atomic mass is 9.87. The zero-order valence-corrected chi connectivity index (χ0v) is 32.3. The van der Waals surface area contributed by atoms with Gasteiger partial charge in [0.2, 0.25) is 11.8 Å². The number of phosphoric acid groups is 3. The van der Waals surface area contributed by atoms with E-state index in [1.165, 1.54) is 13.8 Å². The number of ether oxygens (including phenoxy) is 1. The standard InChI is InChI=1S/C26H42N7O17P3S/c1-4-5-6-17(35)54-10-9-28-16(34)7-8-29-24(38)21(37)26(2,3)12-47-53(44,45)50-52(42,43)46-11-15-20(49-51(39,40)41)19(36)25(48-15)33-14-32-18-22(27)30-13-31-23(18)33/h4-5,13-15,19-21,25,36-37H,6-12H2,1-3H3,(H,28,34)(H,29,38)(H,42,43)(H,44,45)(H2,27,30,31)(H2,39,40,41)/p-4/t15-,19-,20-,21+,25-/m1/s1. The van der Waals surface area contributed by atoms with E-state index < -0.39 is 84.6 Å². The van der Waals surface area contributed by atoms with Gasteiger partial charge in [-0.15, -0.1) is 0 Å². The van der Waals surface area contributed by atoms with Gasteiger partial charge in [0.25, 0.3) is 15.6 Å². The molecule has 54 heavy (non-hydrogen) atoms. The Morgan fingerprint density at radius 1 is 1.11 bits per heavy atom. The molecule has 2 amide bonds. The Morgan fingerprint density at radius 3 is 2.46 bits per heavy atom. The number of carbonyl (C=O) groups excluding carboxylic acids is 3. The maximum absolute atomic E-state index is 12.5. The molecule has 1 aliphatic rings. The predicted octanol–water partition coefficient (Wildman–Crippen LogP) is -2.90. The Kier molecular flexibility index (Phi) is 16.4. The lowest BCUT2D eigenvalue weighted by molar-refractivity contribution is -0.347. The molecule has 0 aliphatic carbocycles. The zero-order chi connectivity index (χ0) is 40.5. The summed E-state index contributed by atoms with van der Waals surface area (Å²) in [4.78, 5) is 95.4. The zero-order valence-electron chi connectivity index (χ0n) is 28.8. The monoisotopic (exact) mass is 845 g/mol. The van der Waals surface area contributed by atoms with Crippen molar-refractivity contribution in [1.82, 2.24) is 30.2 Å². The van der Waals surface area contributed by atoms with Crippen molar-refractivity contribution in [3.63, 3.8) is 0 Å². The van der Waals surface area contributed by atoms with Crippen molar-refractivity contribution < 1.29 is 80.5 Å². The molecule has 0 aromatic carbocycles. The Balaban J connectivity index is 1.51. The van der Waals surface area contributed by atoms with Crippen molar-refractivity contribution >= 4 is 69.1 Å². The molecule has 2 aromatic heterocycles. The molecule has 0 radical (unpaired) electrons. The maximum atomic E-state index is 12.5. The number of amides is 2. The third-order valence-corrected chi connectivity index (χ3v) is 11.2. The van der Waals surface area contributed by atoms with Crippen LogP contribution in [0.3, 0.4) is 0 Å². The molecule has 0 saturated carbocycles. The van der Waals surface area contributed by atoms with E-state index in [0.29, 0.717) is 5.75 Å². The largest absolute Gasteiger partial charge is 0.790 e. The average molecular weight is 846 g/mol. The van der Waals surface area contributed by atoms with E-state index in [1.54, 1.807) is 19.1 Å². The number of aliphatic hydroxyl groups is 2. The average Bonchev–Trinajstić information content (AvgIpc) is 3.63. The van der Waals surface area contributed by atoms with Crippen LogP contribution in [0.25, 0.3) is 11.2 Å². The number of aromatic nitrogens is 4. The first-order valence-corrected chi connectivity index (χ1v) is 21.0. The van der Waals surface area contributed by atoms with Crippen LogP contribution in [-0.2, 0) is 50.7 Å². The van der Waals surface area contributed by atoms with E-state index >= 15 is 0 Å². The van der Waals surface area contributed by atoms with Crippen LogP contribution in [0.1, 0.15) is 39.8 Å². The molecule has 6 N–H and O–H groups in total. The minimum absolute atomic E-state index is 0.0215. The van der Waals surface area contributed by atoms with Crippen LogP contribution >= 0.6 is 35.2 Å². The number of hydrogen-bond acceptors (Lipinski definition) is 22. The number of anilines is 1. The lowest BCUT2D eigenvalue weighted by Gasteiger charge is -2.36. The number of nitrogens with one attached hydrogen (secondary N) is 2. The topological polar surface area (TPSA) is 375 Å². The number of thioether (sulfide) groups is 1. The summed E-state index contributed by atoms with van der Waals surface area (Å²) >= 11 is 1.05. The molecule has 304 valence electrons.